The third-order valence-corrected chi connectivity index (χ3v) is 4.10. The number of nitrogens with one attached hydrogen (secondary N) is 1. The molecule has 1 aromatic rings. The van der Waals surface area contributed by atoms with Gasteiger partial charge in [0.15, 0.2) is 0 Å². The second-order valence-corrected chi connectivity index (χ2v) is 5.90. The Bertz CT molecular complexity index is 504. The summed E-state index contributed by atoms with van der Waals surface area (Å²) in [6.45, 7) is 5.07. The summed E-state index contributed by atoms with van der Waals surface area (Å²) in [5, 5.41) is 3.32. The molecule has 1 aliphatic rings. The van der Waals surface area contributed by atoms with E-state index < -0.39 is 5.54 Å². The zero-order valence-corrected chi connectivity index (χ0v) is 12.7. The number of para-hydroxylation sites is 1. The highest BCUT2D eigenvalue weighted by molar-refractivity contribution is 5.84. The van der Waals surface area contributed by atoms with E-state index in [0.29, 0.717) is 31.2 Å². The lowest BCUT2D eigenvalue weighted by Gasteiger charge is -2.32. The summed E-state index contributed by atoms with van der Waals surface area (Å²) >= 11 is 0. The molecule has 1 unspecified atom stereocenters. The van der Waals surface area contributed by atoms with Crippen LogP contribution in [0.4, 0.5) is 10.1 Å². The molecule has 0 aliphatic heterocycles. The Kier molecular flexibility index (Phi) is 4.83. The van der Waals surface area contributed by atoms with Crippen LogP contribution in [0.25, 0.3) is 0 Å². The molecule has 0 bridgehead atoms. The maximum absolute atomic E-state index is 13.9. The SMILES string of the molecule is CCN(CCC(C)(NC1CC1)C(N)=O)c1ccccc1F. The van der Waals surface area contributed by atoms with Crippen LogP contribution in [0.5, 0.6) is 0 Å². The summed E-state index contributed by atoms with van der Waals surface area (Å²) in [5.41, 5.74) is 5.38. The number of rotatable bonds is 8. The van der Waals surface area contributed by atoms with E-state index in [-0.39, 0.29) is 11.7 Å². The van der Waals surface area contributed by atoms with Gasteiger partial charge in [0.1, 0.15) is 5.82 Å². The summed E-state index contributed by atoms with van der Waals surface area (Å²) in [6, 6.07) is 7.10. The number of amides is 1. The fourth-order valence-electron chi connectivity index (χ4n) is 2.46. The lowest BCUT2D eigenvalue weighted by molar-refractivity contribution is -0.124. The molecule has 3 N–H and O–H groups in total. The summed E-state index contributed by atoms with van der Waals surface area (Å²) in [6.07, 6.45) is 2.74. The number of hydrogen-bond donors (Lipinski definition) is 2. The minimum Gasteiger partial charge on any atom is -0.369 e. The zero-order chi connectivity index (χ0) is 15.5. The van der Waals surface area contributed by atoms with Crippen molar-refractivity contribution < 1.29 is 9.18 Å². The van der Waals surface area contributed by atoms with E-state index in [9.17, 15) is 9.18 Å². The Hall–Kier alpha value is -1.62. The Morgan fingerprint density at radius 3 is 2.67 bits per heavy atom. The highest BCUT2D eigenvalue weighted by Crippen LogP contribution is 2.25. The van der Waals surface area contributed by atoms with Gasteiger partial charge in [-0.25, -0.2) is 4.39 Å². The van der Waals surface area contributed by atoms with Gasteiger partial charge in [0.05, 0.1) is 11.2 Å². The molecule has 0 radical (unpaired) electrons. The van der Waals surface area contributed by atoms with Crippen molar-refractivity contribution in [2.24, 2.45) is 5.73 Å². The van der Waals surface area contributed by atoms with Gasteiger partial charge in [0.2, 0.25) is 5.91 Å². The van der Waals surface area contributed by atoms with Gasteiger partial charge in [-0.15, -0.1) is 0 Å². The summed E-state index contributed by atoms with van der Waals surface area (Å²) in [5.74, 6) is -0.589. The molecule has 116 valence electrons. The Morgan fingerprint density at radius 1 is 1.48 bits per heavy atom. The highest BCUT2D eigenvalue weighted by Gasteiger charge is 2.37. The molecule has 1 atom stereocenters. The van der Waals surface area contributed by atoms with Gasteiger partial charge < -0.3 is 16.0 Å². The van der Waals surface area contributed by atoms with Crippen LogP contribution in [0.2, 0.25) is 0 Å². The number of anilines is 1. The van der Waals surface area contributed by atoms with E-state index in [2.05, 4.69) is 5.32 Å². The van der Waals surface area contributed by atoms with Crippen molar-refractivity contribution in [1.82, 2.24) is 5.32 Å². The molecule has 0 heterocycles. The molecule has 5 heteroatoms. The molecular formula is C16H24FN3O. The van der Waals surface area contributed by atoms with E-state index in [1.807, 2.05) is 24.8 Å². The first kappa shape index (κ1) is 15.8. The predicted octanol–water partition coefficient (Wildman–Crippen LogP) is 2.04. The number of halogens is 1. The zero-order valence-electron chi connectivity index (χ0n) is 12.7. The van der Waals surface area contributed by atoms with Crippen molar-refractivity contribution >= 4 is 11.6 Å². The molecule has 2 rings (SSSR count). The van der Waals surface area contributed by atoms with Crippen molar-refractivity contribution in [3.8, 4) is 0 Å². The van der Waals surface area contributed by atoms with E-state index in [4.69, 9.17) is 5.73 Å². The van der Waals surface area contributed by atoms with E-state index in [1.165, 1.54) is 6.07 Å². The lowest BCUT2D eigenvalue weighted by atomic mass is 9.96. The predicted molar refractivity (Wildman–Crippen MR) is 82.7 cm³/mol. The average molecular weight is 293 g/mol. The Balaban J connectivity index is 2.04. The minimum absolute atomic E-state index is 0.240. The largest absolute Gasteiger partial charge is 0.369 e. The first-order valence-electron chi connectivity index (χ1n) is 7.53. The summed E-state index contributed by atoms with van der Waals surface area (Å²) in [7, 11) is 0. The molecule has 1 amide bonds. The number of nitrogens with zero attached hydrogens (tertiary/aromatic N) is 1. The summed E-state index contributed by atoms with van der Waals surface area (Å²) < 4.78 is 13.9. The second-order valence-electron chi connectivity index (χ2n) is 5.90. The van der Waals surface area contributed by atoms with Crippen LogP contribution >= 0.6 is 0 Å². The number of benzene rings is 1. The molecule has 0 saturated heterocycles. The van der Waals surface area contributed by atoms with Gasteiger partial charge >= 0.3 is 0 Å². The third kappa shape index (κ3) is 3.94. The van der Waals surface area contributed by atoms with Crippen LogP contribution in [-0.4, -0.2) is 30.6 Å². The van der Waals surface area contributed by atoms with Gasteiger partial charge in [-0.3, -0.25) is 4.79 Å². The van der Waals surface area contributed by atoms with Crippen molar-refractivity contribution in [2.75, 3.05) is 18.0 Å². The number of carbonyl (C=O) groups is 1. The van der Waals surface area contributed by atoms with Gasteiger partial charge in [-0.1, -0.05) is 12.1 Å². The topological polar surface area (TPSA) is 58.4 Å². The van der Waals surface area contributed by atoms with Gasteiger partial charge in [-0.05, 0) is 45.2 Å². The lowest BCUT2D eigenvalue weighted by Crippen LogP contribution is -2.55. The van der Waals surface area contributed by atoms with Crippen LogP contribution in [0, 0.1) is 5.82 Å². The van der Waals surface area contributed by atoms with Crippen LogP contribution < -0.4 is 16.0 Å². The number of carbonyl (C=O) groups excluding carboxylic acids is 1. The van der Waals surface area contributed by atoms with Crippen molar-refractivity contribution in [3.63, 3.8) is 0 Å². The van der Waals surface area contributed by atoms with Gasteiger partial charge in [0.25, 0.3) is 0 Å². The molecule has 21 heavy (non-hydrogen) atoms. The quantitative estimate of drug-likeness (QED) is 0.771. The molecule has 1 aromatic carbocycles. The average Bonchev–Trinajstić information content (AvgIpc) is 3.25. The third-order valence-electron chi connectivity index (χ3n) is 4.10. The number of nitrogens with two attached hydrogens (primary N) is 1. The maximum Gasteiger partial charge on any atom is 0.237 e. The molecule has 4 nitrogen and oxygen atoms in total. The molecule has 1 aliphatic carbocycles. The van der Waals surface area contributed by atoms with E-state index >= 15 is 0 Å². The molecule has 0 spiro atoms. The number of primary amides is 1. The molecule has 1 fully saturated rings. The standard InChI is InChI=1S/C16H24FN3O/c1-3-20(14-7-5-4-6-13(14)17)11-10-16(2,15(18)21)19-12-8-9-12/h4-7,12,19H,3,8-11H2,1-2H3,(H2,18,21). The number of hydrogen-bond acceptors (Lipinski definition) is 3. The van der Waals surface area contributed by atoms with Crippen LogP contribution in [-0.2, 0) is 4.79 Å². The van der Waals surface area contributed by atoms with Crippen molar-refractivity contribution in [2.45, 2.75) is 44.7 Å². The monoisotopic (exact) mass is 293 g/mol. The Morgan fingerprint density at radius 2 is 2.14 bits per heavy atom. The first-order valence-corrected chi connectivity index (χ1v) is 7.53. The van der Waals surface area contributed by atoms with E-state index in [1.54, 1.807) is 12.1 Å². The first-order chi connectivity index (χ1) is 9.96. The van der Waals surface area contributed by atoms with Gasteiger partial charge in [-0.2, -0.15) is 0 Å². The van der Waals surface area contributed by atoms with Crippen LogP contribution in [0.15, 0.2) is 24.3 Å². The van der Waals surface area contributed by atoms with Crippen molar-refractivity contribution in [3.05, 3.63) is 30.1 Å². The van der Waals surface area contributed by atoms with Crippen molar-refractivity contribution in [1.29, 1.82) is 0 Å². The van der Waals surface area contributed by atoms with Crippen LogP contribution in [0.3, 0.4) is 0 Å². The maximum atomic E-state index is 13.9. The normalized spacial score (nSPS) is 17.3. The second kappa shape index (κ2) is 6.43. The highest BCUT2D eigenvalue weighted by atomic mass is 19.1. The van der Waals surface area contributed by atoms with Gasteiger partial charge in [0, 0.05) is 19.1 Å². The summed E-state index contributed by atoms with van der Waals surface area (Å²) in [4.78, 5) is 13.7. The fourth-order valence-corrected chi connectivity index (χ4v) is 2.46. The van der Waals surface area contributed by atoms with E-state index in [0.717, 1.165) is 12.8 Å². The Labute approximate surface area is 125 Å². The molecule has 1 saturated carbocycles. The molecule has 0 aromatic heterocycles. The minimum atomic E-state index is -0.736. The van der Waals surface area contributed by atoms with Crippen LogP contribution in [0.1, 0.15) is 33.1 Å². The fraction of sp³-hybridized carbons (Fsp3) is 0.562. The smallest absolute Gasteiger partial charge is 0.237 e. The molecular weight excluding hydrogens is 269 g/mol.